The standard InChI is InChI=1S/C23H29.2C7H7.C5H5.CH2.Zr/c1-14-9-16-11-17-10-15(2)21(23(6,7)8)13-19(17)18(16)12-20(14)22(3,4)5;2*1-7-5-3-2-4-6-7;1-2-4-5-3-1;;/h9,12-13H,11H2,1-8H3;2*3-6H,1H3;1-3H,4H2;1H2;. The second-order valence-electron chi connectivity index (χ2n) is 16.0. The summed E-state index contributed by atoms with van der Waals surface area (Å²) >= 11 is -4.81. The molecule has 0 nitrogen and oxygen atoms in total. The summed E-state index contributed by atoms with van der Waals surface area (Å²) in [5, 5.41) is 0. The average molecular weight is 658 g/mol. The van der Waals surface area contributed by atoms with E-state index in [1.165, 1.54) is 65.5 Å². The van der Waals surface area contributed by atoms with Gasteiger partial charge in [0.1, 0.15) is 0 Å². The van der Waals surface area contributed by atoms with Crippen molar-refractivity contribution in [3.8, 4) is 11.1 Å². The predicted octanol–water partition coefficient (Wildman–Crippen LogP) is 9.33. The van der Waals surface area contributed by atoms with E-state index in [1.807, 2.05) is 0 Å². The van der Waals surface area contributed by atoms with Crippen molar-refractivity contribution in [3.63, 3.8) is 0 Å². The number of rotatable bonds is 4. The van der Waals surface area contributed by atoms with Crippen LogP contribution in [0.15, 0.2) is 88.2 Å². The minimum atomic E-state index is -4.81. The average Bonchev–Trinajstić information content (AvgIpc) is 3.60. The van der Waals surface area contributed by atoms with Crippen molar-refractivity contribution in [2.24, 2.45) is 0 Å². The molecule has 4 aromatic rings. The van der Waals surface area contributed by atoms with Crippen LogP contribution in [0, 0.1) is 27.7 Å². The maximum atomic E-state index is 5.75. The number of aryl methyl sites for hydroxylation is 3. The van der Waals surface area contributed by atoms with Gasteiger partial charge >= 0.3 is 269 Å². The third kappa shape index (κ3) is 4.52. The Hall–Kier alpha value is -2.89. The Kier molecular flexibility index (Phi) is 7.30. The topological polar surface area (TPSA) is 0 Å². The number of benzene rings is 4. The van der Waals surface area contributed by atoms with E-state index in [0.717, 1.165) is 12.8 Å². The van der Waals surface area contributed by atoms with Crippen LogP contribution in [-0.2, 0) is 35.5 Å². The molecule has 0 aliphatic heterocycles. The van der Waals surface area contributed by atoms with Gasteiger partial charge in [0.2, 0.25) is 0 Å². The molecule has 226 valence electrons. The molecule has 0 fully saturated rings. The van der Waals surface area contributed by atoms with Gasteiger partial charge in [0.25, 0.3) is 0 Å². The third-order valence-corrected chi connectivity index (χ3v) is 27.5. The van der Waals surface area contributed by atoms with Crippen LogP contribution in [-0.4, -0.2) is 4.21 Å². The SMILES string of the molecule is [CH2]=[Zr]([C]1=CC=CC1)([c]1ccc(C)cc1)([c]1ccc(C)cc1)[c]1c(C)c(C(C)(C)C)cc2c1Cc1cc(C)c(C(C)(C)C)cc1-2. The molecule has 0 heterocycles. The van der Waals surface area contributed by atoms with Gasteiger partial charge in [-0.1, -0.05) is 0 Å². The Morgan fingerprint density at radius 1 is 0.659 bits per heavy atom. The van der Waals surface area contributed by atoms with Crippen LogP contribution in [0.1, 0.15) is 92.5 Å². The summed E-state index contributed by atoms with van der Waals surface area (Å²) < 4.78 is 11.7. The molecule has 0 unspecified atom stereocenters. The molecule has 4 aromatic carbocycles. The van der Waals surface area contributed by atoms with Gasteiger partial charge in [0.05, 0.1) is 0 Å². The molecule has 0 amide bonds. The summed E-state index contributed by atoms with van der Waals surface area (Å²) in [6.45, 7) is 23.3. The van der Waals surface area contributed by atoms with E-state index in [4.69, 9.17) is 4.21 Å². The van der Waals surface area contributed by atoms with Gasteiger partial charge < -0.3 is 0 Å². The van der Waals surface area contributed by atoms with E-state index < -0.39 is 18.3 Å². The van der Waals surface area contributed by atoms with Crippen LogP contribution in [0.4, 0.5) is 0 Å². The number of hydrogen-bond donors (Lipinski definition) is 0. The van der Waals surface area contributed by atoms with Crippen LogP contribution >= 0.6 is 0 Å². The molecular weight excluding hydrogens is 608 g/mol. The molecule has 2 aliphatic carbocycles. The fraction of sp³-hybridized carbons (Fsp3) is 0.326. The monoisotopic (exact) mass is 656 g/mol. The van der Waals surface area contributed by atoms with E-state index in [0.29, 0.717) is 0 Å². The van der Waals surface area contributed by atoms with E-state index in [1.54, 1.807) is 3.27 Å². The molecule has 0 spiro atoms. The maximum absolute atomic E-state index is 5.75. The summed E-state index contributed by atoms with van der Waals surface area (Å²) in [7, 11) is 0. The fourth-order valence-electron chi connectivity index (χ4n) is 8.63. The normalized spacial score (nSPS) is 14.9. The van der Waals surface area contributed by atoms with Gasteiger partial charge in [0.15, 0.2) is 0 Å². The molecule has 0 saturated carbocycles. The van der Waals surface area contributed by atoms with E-state index in [9.17, 15) is 0 Å². The summed E-state index contributed by atoms with van der Waals surface area (Å²) in [5.41, 5.74) is 14.3. The number of hydrogen-bond acceptors (Lipinski definition) is 0. The first-order valence-corrected chi connectivity index (χ1v) is 23.1. The molecule has 0 aromatic heterocycles. The first kappa shape index (κ1) is 31.1. The molecule has 2 aliphatic rings. The molecule has 0 atom stereocenters. The first-order valence-electron chi connectivity index (χ1n) is 16.4. The summed E-state index contributed by atoms with van der Waals surface area (Å²) in [4.78, 5) is 0. The van der Waals surface area contributed by atoms with Gasteiger partial charge in [-0.2, -0.15) is 0 Å². The van der Waals surface area contributed by atoms with Crippen molar-refractivity contribution in [2.75, 3.05) is 0 Å². The second-order valence-corrected chi connectivity index (χ2v) is 28.8. The zero-order chi connectivity index (χ0) is 31.8. The Bertz CT molecular complexity index is 1880. The van der Waals surface area contributed by atoms with Crippen molar-refractivity contribution in [1.82, 2.24) is 0 Å². The van der Waals surface area contributed by atoms with Crippen LogP contribution in [0.2, 0.25) is 0 Å². The summed E-state index contributed by atoms with van der Waals surface area (Å²) in [6, 6.07) is 26.6. The summed E-state index contributed by atoms with van der Waals surface area (Å²) in [5.74, 6) is 0. The van der Waals surface area contributed by atoms with Crippen molar-refractivity contribution in [1.29, 1.82) is 0 Å². The van der Waals surface area contributed by atoms with Crippen LogP contribution in [0.3, 0.4) is 0 Å². The molecule has 0 bridgehead atoms. The fourth-order valence-corrected chi connectivity index (χ4v) is 25.0. The molecule has 1 heteroatoms. The van der Waals surface area contributed by atoms with Crippen molar-refractivity contribution < 1.29 is 18.3 Å². The van der Waals surface area contributed by atoms with Crippen molar-refractivity contribution in [2.45, 2.75) is 92.9 Å². The Balaban J connectivity index is 1.85. The van der Waals surface area contributed by atoms with Crippen LogP contribution in [0.25, 0.3) is 11.1 Å². The Morgan fingerprint density at radius 3 is 1.66 bits per heavy atom. The second kappa shape index (κ2) is 10.3. The van der Waals surface area contributed by atoms with E-state index in [-0.39, 0.29) is 10.8 Å². The number of fused-ring (bicyclic) bond motifs is 3. The minimum absolute atomic E-state index is 0.00898. The van der Waals surface area contributed by atoms with Gasteiger partial charge in [-0.25, -0.2) is 0 Å². The first-order chi connectivity index (χ1) is 20.5. The molecule has 0 radical (unpaired) electrons. The van der Waals surface area contributed by atoms with Gasteiger partial charge in [0, 0.05) is 0 Å². The molecular formula is C43H50Zr. The van der Waals surface area contributed by atoms with Crippen molar-refractivity contribution in [3.05, 3.63) is 133 Å². The Labute approximate surface area is 267 Å². The zero-order valence-corrected chi connectivity index (χ0v) is 31.2. The number of allylic oxidation sites excluding steroid dienone is 4. The Morgan fingerprint density at radius 2 is 1.18 bits per heavy atom. The predicted molar refractivity (Wildman–Crippen MR) is 192 cm³/mol. The van der Waals surface area contributed by atoms with Gasteiger partial charge in [-0.05, 0) is 0 Å². The molecule has 0 N–H and O–H groups in total. The van der Waals surface area contributed by atoms with E-state index in [2.05, 4.69) is 154 Å². The zero-order valence-electron chi connectivity index (χ0n) is 28.7. The molecule has 0 saturated heterocycles. The quantitative estimate of drug-likeness (QED) is 0.181. The van der Waals surface area contributed by atoms with Crippen LogP contribution in [0.5, 0.6) is 0 Å². The molecule has 44 heavy (non-hydrogen) atoms. The van der Waals surface area contributed by atoms with Crippen molar-refractivity contribution >= 4 is 14.0 Å². The third-order valence-electron chi connectivity index (χ3n) is 10.8. The van der Waals surface area contributed by atoms with Crippen LogP contribution < -0.4 is 9.81 Å². The summed E-state index contributed by atoms with van der Waals surface area (Å²) in [6.07, 6.45) is 9.01. The van der Waals surface area contributed by atoms with Gasteiger partial charge in [-0.3, -0.25) is 0 Å². The van der Waals surface area contributed by atoms with Gasteiger partial charge in [-0.15, -0.1) is 0 Å². The van der Waals surface area contributed by atoms with E-state index >= 15 is 0 Å². The molecule has 6 rings (SSSR count).